The van der Waals surface area contributed by atoms with Crippen LogP contribution in [0.5, 0.6) is 0 Å². The summed E-state index contributed by atoms with van der Waals surface area (Å²) >= 11 is 0.682. The molecule has 3 heterocycles. The highest BCUT2D eigenvalue weighted by Crippen LogP contribution is 2.37. The maximum Gasteiger partial charge on any atom is 0.275 e. The van der Waals surface area contributed by atoms with E-state index in [2.05, 4.69) is 10.1 Å². The molecular weight excluding hydrogens is 418 g/mol. The van der Waals surface area contributed by atoms with Gasteiger partial charge in [0.2, 0.25) is 5.60 Å². The molecular formula is C19H16F2N4O4S. The van der Waals surface area contributed by atoms with Crippen molar-refractivity contribution < 1.29 is 28.0 Å². The number of amides is 2. The molecule has 0 saturated carbocycles. The predicted molar refractivity (Wildman–Crippen MR) is 103 cm³/mol. The third kappa shape index (κ3) is 3.25. The number of nitrogens with two attached hydrogens (primary N) is 1. The van der Waals surface area contributed by atoms with Gasteiger partial charge in [0.15, 0.2) is 5.76 Å². The van der Waals surface area contributed by atoms with E-state index in [-0.39, 0.29) is 17.2 Å². The van der Waals surface area contributed by atoms with Crippen LogP contribution >= 0.6 is 11.3 Å². The lowest BCUT2D eigenvalue weighted by Crippen LogP contribution is -2.35. The molecule has 3 N–H and O–H groups in total. The van der Waals surface area contributed by atoms with Gasteiger partial charge in [-0.15, -0.1) is 11.3 Å². The molecule has 0 radical (unpaired) electrons. The molecule has 1 atom stereocenters. The van der Waals surface area contributed by atoms with E-state index in [0.717, 1.165) is 0 Å². The van der Waals surface area contributed by atoms with E-state index in [9.17, 15) is 23.5 Å². The minimum absolute atomic E-state index is 0.0301. The number of nitrogens with zero attached hydrogens (tertiary/aromatic N) is 3. The van der Waals surface area contributed by atoms with Crippen LogP contribution in [0.2, 0.25) is 0 Å². The monoisotopic (exact) mass is 434 g/mol. The largest absolute Gasteiger partial charge is 0.373 e. The van der Waals surface area contributed by atoms with E-state index in [1.807, 2.05) is 0 Å². The van der Waals surface area contributed by atoms with Gasteiger partial charge in [0.1, 0.15) is 21.3 Å². The first-order valence-electron chi connectivity index (χ1n) is 8.85. The quantitative estimate of drug-likeness (QED) is 0.636. The third-order valence-corrected chi connectivity index (χ3v) is 6.03. The normalized spacial score (nSPS) is 19.1. The Morgan fingerprint density at radius 3 is 2.70 bits per heavy atom. The zero-order valence-electron chi connectivity index (χ0n) is 15.6. The lowest BCUT2D eigenvalue weighted by Gasteiger charge is -2.16. The number of benzene rings is 1. The first-order chi connectivity index (χ1) is 14.2. The fourth-order valence-electron chi connectivity index (χ4n) is 3.28. The van der Waals surface area contributed by atoms with Gasteiger partial charge in [-0.1, -0.05) is 23.4 Å². The molecule has 0 bridgehead atoms. The Balaban J connectivity index is 1.69. The second-order valence-corrected chi connectivity index (χ2v) is 7.92. The Bertz CT molecular complexity index is 1150. The van der Waals surface area contributed by atoms with Crippen LogP contribution in [0, 0.1) is 0 Å². The number of carbonyl (C=O) groups is 2. The summed E-state index contributed by atoms with van der Waals surface area (Å²) in [4.78, 5) is 28.5. The van der Waals surface area contributed by atoms with Crippen molar-refractivity contribution in [3.63, 3.8) is 0 Å². The van der Waals surface area contributed by atoms with Gasteiger partial charge in [-0.2, -0.15) is 0 Å². The number of likely N-dealkylation sites (N-methyl/N-ethyl adjacent to an activating group) is 1. The number of aliphatic hydroxyl groups is 1. The molecule has 8 nitrogen and oxygen atoms in total. The highest BCUT2D eigenvalue weighted by Gasteiger charge is 2.48. The van der Waals surface area contributed by atoms with Gasteiger partial charge < -0.3 is 20.3 Å². The standard InChI is InChI=1S/C19H16F2N4O4S/c1-25-6-5-19(28,18(25)27)12-8-11(24-29-12)9-3-2-4-10(7-9)17-23-13(16(22)26)14(30-17)15(20)21/h2-4,7-8,15,28H,5-6H2,1H3,(H2,22,26). The van der Waals surface area contributed by atoms with Crippen LogP contribution in [0.25, 0.3) is 21.8 Å². The fraction of sp³-hybridized carbons (Fsp3) is 0.263. The minimum Gasteiger partial charge on any atom is -0.373 e. The second kappa shape index (κ2) is 7.26. The average Bonchev–Trinajstić information content (AvgIpc) is 3.44. The Hall–Kier alpha value is -3.18. The van der Waals surface area contributed by atoms with Gasteiger partial charge in [0.25, 0.3) is 18.2 Å². The maximum atomic E-state index is 13.2. The Morgan fingerprint density at radius 1 is 1.37 bits per heavy atom. The van der Waals surface area contributed by atoms with Crippen molar-refractivity contribution in [3.05, 3.63) is 46.7 Å². The van der Waals surface area contributed by atoms with E-state index in [4.69, 9.17) is 10.3 Å². The molecule has 2 amide bonds. The van der Waals surface area contributed by atoms with E-state index >= 15 is 0 Å². The van der Waals surface area contributed by atoms with E-state index in [0.29, 0.717) is 34.7 Å². The molecule has 1 unspecified atom stereocenters. The third-order valence-electron chi connectivity index (χ3n) is 4.92. The number of primary amides is 1. The van der Waals surface area contributed by atoms with E-state index < -0.39 is 34.4 Å². The summed E-state index contributed by atoms with van der Waals surface area (Å²) in [5.41, 5.74) is 4.32. The van der Waals surface area contributed by atoms with Crippen molar-refractivity contribution in [2.45, 2.75) is 18.4 Å². The van der Waals surface area contributed by atoms with Crippen LogP contribution in [0.15, 0.2) is 34.9 Å². The van der Waals surface area contributed by atoms with Crippen LogP contribution < -0.4 is 5.73 Å². The molecule has 4 rings (SSSR count). The molecule has 0 aliphatic carbocycles. The molecule has 0 spiro atoms. The SMILES string of the molecule is CN1CCC(O)(c2cc(-c3cccc(-c4nc(C(N)=O)c(C(F)F)s4)c3)no2)C1=O. The second-order valence-electron chi connectivity index (χ2n) is 6.89. The topological polar surface area (TPSA) is 123 Å². The molecule has 1 fully saturated rings. The van der Waals surface area contributed by atoms with Gasteiger partial charge in [0, 0.05) is 37.2 Å². The Labute approximate surface area is 172 Å². The van der Waals surface area contributed by atoms with Gasteiger partial charge in [-0.3, -0.25) is 9.59 Å². The van der Waals surface area contributed by atoms with Crippen molar-refractivity contribution in [3.8, 4) is 21.8 Å². The summed E-state index contributed by atoms with van der Waals surface area (Å²) in [6.45, 7) is 0.388. The van der Waals surface area contributed by atoms with Crippen LogP contribution in [-0.2, 0) is 10.4 Å². The Kier molecular flexibility index (Phi) is 4.86. The highest BCUT2D eigenvalue weighted by atomic mass is 32.1. The van der Waals surface area contributed by atoms with Crippen LogP contribution in [0.4, 0.5) is 8.78 Å². The summed E-state index contributed by atoms with van der Waals surface area (Å²) in [5.74, 6) is -1.47. The molecule has 1 aliphatic heterocycles. The molecule has 1 aliphatic rings. The molecule has 11 heteroatoms. The van der Waals surface area contributed by atoms with Crippen molar-refractivity contribution in [2.24, 2.45) is 5.73 Å². The zero-order chi connectivity index (χ0) is 21.6. The lowest BCUT2D eigenvalue weighted by molar-refractivity contribution is -0.144. The smallest absolute Gasteiger partial charge is 0.275 e. The van der Waals surface area contributed by atoms with E-state index in [1.165, 1.54) is 11.0 Å². The lowest BCUT2D eigenvalue weighted by atomic mass is 9.98. The van der Waals surface area contributed by atoms with Gasteiger partial charge in [-0.05, 0) is 6.07 Å². The fourth-order valence-corrected chi connectivity index (χ4v) is 4.20. The number of thiazole rings is 1. The minimum atomic E-state index is -2.87. The Morgan fingerprint density at radius 2 is 2.10 bits per heavy atom. The van der Waals surface area contributed by atoms with Crippen LogP contribution in [-0.4, -0.2) is 45.6 Å². The average molecular weight is 434 g/mol. The number of carbonyl (C=O) groups excluding carboxylic acids is 2. The van der Waals surface area contributed by atoms with Gasteiger partial charge in [0.05, 0.1) is 0 Å². The summed E-state index contributed by atoms with van der Waals surface area (Å²) in [5, 5.41) is 14.8. The number of halogens is 2. The first kappa shape index (κ1) is 20.1. The summed E-state index contributed by atoms with van der Waals surface area (Å²) in [7, 11) is 1.59. The zero-order valence-corrected chi connectivity index (χ0v) is 16.4. The molecule has 1 saturated heterocycles. The molecule has 2 aromatic heterocycles. The molecule has 1 aromatic carbocycles. The number of aromatic nitrogens is 2. The van der Waals surface area contributed by atoms with Gasteiger partial charge in [-0.25, -0.2) is 13.8 Å². The number of likely N-dealkylation sites (tertiary alicyclic amines) is 1. The van der Waals surface area contributed by atoms with Crippen molar-refractivity contribution in [2.75, 3.05) is 13.6 Å². The summed E-state index contributed by atoms with van der Waals surface area (Å²) < 4.78 is 31.6. The summed E-state index contributed by atoms with van der Waals surface area (Å²) in [6, 6.07) is 8.11. The predicted octanol–water partition coefficient (Wildman–Crippen LogP) is 2.55. The molecule has 3 aromatic rings. The summed E-state index contributed by atoms with van der Waals surface area (Å²) in [6.07, 6.45) is -2.69. The van der Waals surface area contributed by atoms with Crippen LogP contribution in [0.1, 0.15) is 34.0 Å². The molecule has 156 valence electrons. The number of hydrogen-bond acceptors (Lipinski definition) is 7. The van der Waals surface area contributed by atoms with Gasteiger partial charge >= 0.3 is 0 Å². The van der Waals surface area contributed by atoms with Crippen molar-refractivity contribution in [1.29, 1.82) is 0 Å². The first-order valence-corrected chi connectivity index (χ1v) is 9.67. The highest BCUT2D eigenvalue weighted by molar-refractivity contribution is 7.15. The number of rotatable bonds is 5. The van der Waals surface area contributed by atoms with Crippen LogP contribution in [0.3, 0.4) is 0 Å². The number of alkyl halides is 2. The van der Waals surface area contributed by atoms with E-state index in [1.54, 1.807) is 31.3 Å². The van der Waals surface area contributed by atoms with Crippen molar-refractivity contribution in [1.82, 2.24) is 15.0 Å². The molecule has 30 heavy (non-hydrogen) atoms. The van der Waals surface area contributed by atoms with Crippen molar-refractivity contribution >= 4 is 23.2 Å². The number of hydrogen-bond donors (Lipinski definition) is 2. The maximum absolute atomic E-state index is 13.2.